The largest absolute Gasteiger partial charge is 0.495 e. The van der Waals surface area contributed by atoms with Gasteiger partial charge in [-0.15, -0.1) is 5.10 Å². The average molecular weight is 591 g/mol. The Balaban J connectivity index is 1.49. The van der Waals surface area contributed by atoms with E-state index in [1.54, 1.807) is 23.6 Å². The van der Waals surface area contributed by atoms with Gasteiger partial charge in [0.05, 0.1) is 18.4 Å². The Morgan fingerprint density at radius 2 is 1.87 bits per heavy atom. The van der Waals surface area contributed by atoms with Crippen molar-refractivity contribution in [2.45, 2.75) is 37.7 Å². The summed E-state index contributed by atoms with van der Waals surface area (Å²) in [6.45, 7) is 6.11. The van der Waals surface area contributed by atoms with E-state index in [2.05, 4.69) is 58.6 Å². The fourth-order valence-electron chi connectivity index (χ4n) is 4.53. The highest BCUT2D eigenvalue weighted by molar-refractivity contribution is 9.10. The van der Waals surface area contributed by atoms with Gasteiger partial charge in [0.1, 0.15) is 11.8 Å². The summed E-state index contributed by atoms with van der Waals surface area (Å²) in [6, 6.07) is 21.3. The molecule has 0 radical (unpaired) electrons. The van der Waals surface area contributed by atoms with E-state index in [1.165, 1.54) is 16.7 Å². The van der Waals surface area contributed by atoms with Gasteiger partial charge in [-0.1, -0.05) is 75.7 Å². The number of ether oxygens (including phenoxy) is 1. The van der Waals surface area contributed by atoms with Crippen LogP contribution in [0.25, 0.3) is 0 Å². The Bertz CT molecular complexity index is 1530. The molecule has 0 saturated heterocycles. The summed E-state index contributed by atoms with van der Waals surface area (Å²) in [5, 5.41) is 11.8. The first-order valence-electron chi connectivity index (χ1n) is 12.2. The molecule has 0 aliphatic carbocycles. The molecule has 2 N–H and O–H groups in total. The molecule has 9 heteroatoms. The van der Waals surface area contributed by atoms with Gasteiger partial charge in [-0.25, -0.2) is 4.68 Å². The minimum absolute atomic E-state index is 0.238. The SMILES string of the molecule is COc1ccccc1NC(=O)C1=C(C)Nc2nc(SCc3ccc(C)cc3C)nn2[C@@H]1c1ccc(Br)cc1. The number of methoxy groups -OCH3 is 1. The zero-order chi connectivity index (χ0) is 26.8. The third-order valence-corrected chi connectivity index (χ3v) is 7.89. The summed E-state index contributed by atoms with van der Waals surface area (Å²) in [5.41, 5.74) is 6.55. The lowest BCUT2D eigenvalue weighted by atomic mass is 9.95. The number of benzene rings is 3. The fourth-order valence-corrected chi connectivity index (χ4v) is 5.70. The summed E-state index contributed by atoms with van der Waals surface area (Å²) in [4.78, 5) is 18.5. The predicted octanol–water partition coefficient (Wildman–Crippen LogP) is 6.89. The molecule has 5 rings (SSSR count). The van der Waals surface area contributed by atoms with Crippen molar-refractivity contribution in [3.05, 3.63) is 105 Å². The lowest BCUT2D eigenvalue weighted by Crippen LogP contribution is -2.31. The quantitative estimate of drug-likeness (QED) is 0.228. The van der Waals surface area contributed by atoms with Gasteiger partial charge in [-0.2, -0.15) is 4.98 Å². The zero-order valence-corrected chi connectivity index (χ0v) is 24.0. The second-order valence-electron chi connectivity index (χ2n) is 9.15. The molecular formula is C29H28BrN5O2S. The molecule has 0 bridgehead atoms. The van der Waals surface area contributed by atoms with E-state index in [4.69, 9.17) is 14.8 Å². The van der Waals surface area contributed by atoms with Crippen molar-refractivity contribution in [1.29, 1.82) is 0 Å². The molecule has 7 nitrogen and oxygen atoms in total. The van der Waals surface area contributed by atoms with Crippen molar-refractivity contribution in [3.8, 4) is 5.75 Å². The van der Waals surface area contributed by atoms with Crippen molar-refractivity contribution in [3.63, 3.8) is 0 Å². The predicted molar refractivity (Wildman–Crippen MR) is 156 cm³/mol. The normalized spacial score (nSPS) is 14.6. The van der Waals surface area contributed by atoms with Crippen molar-refractivity contribution >= 4 is 45.2 Å². The molecule has 3 aromatic carbocycles. The molecule has 38 heavy (non-hydrogen) atoms. The highest BCUT2D eigenvalue weighted by Gasteiger charge is 2.34. The molecule has 4 aromatic rings. The molecule has 1 aromatic heterocycles. The van der Waals surface area contributed by atoms with Crippen LogP contribution in [-0.4, -0.2) is 27.8 Å². The smallest absolute Gasteiger partial charge is 0.255 e. The van der Waals surface area contributed by atoms with Crippen LogP contribution >= 0.6 is 27.7 Å². The van der Waals surface area contributed by atoms with Crippen LogP contribution in [0.5, 0.6) is 5.75 Å². The van der Waals surface area contributed by atoms with Crippen molar-refractivity contribution in [2.75, 3.05) is 17.7 Å². The first kappa shape index (κ1) is 26.1. The molecule has 2 heterocycles. The Labute approximate surface area is 234 Å². The van der Waals surface area contributed by atoms with E-state index >= 15 is 0 Å². The molecule has 1 aliphatic rings. The fraction of sp³-hybridized carbons (Fsp3) is 0.207. The molecule has 0 fully saturated rings. The standard InChI is InChI=1S/C29H28BrN5O2S/c1-17-9-10-21(18(2)15-17)16-38-29-33-28-31-19(3)25(27(36)32-23-7-5-6-8-24(23)37-4)26(35(28)34-29)20-11-13-22(30)14-12-20/h5-15,26H,16H2,1-4H3,(H,32,36)(H,31,33,34)/t26-/m1/s1. The second-order valence-corrected chi connectivity index (χ2v) is 11.0. The maximum absolute atomic E-state index is 13.7. The lowest BCUT2D eigenvalue weighted by Gasteiger charge is -2.28. The first-order valence-corrected chi connectivity index (χ1v) is 13.9. The maximum Gasteiger partial charge on any atom is 0.255 e. The molecule has 0 spiro atoms. The number of anilines is 2. The van der Waals surface area contributed by atoms with Crippen LogP contribution in [0.15, 0.2) is 87.6 Å². The van der Waals surface area contributed by atoms with E-state index in [1.807, 2.05) is 55.5 Å². The van der Waals surface area contributed by atoms with Gasteiger partial charge < -0.3 is 15.4 Å². The number of amides is 1. The minimum Gasteiger partial charge on any atom is -0.495 e. The van der Waals surface area contributed by atoms with Gasteiger partial charge in [0, 0.05) is 15.9 Å². The lowest BCUT2D eigenvalue weighted by molar-refractivity contribution is -0.113. The number of carbonyl (C=O) groups excluding carboxylic acids is 1. The summed E-state index contributed by atoms with van der Waals surface area (Å²) in [5.74, 6) is 1.71. The Kier molecular flexibility index (Phi) is 7.58. The van der Waals surface area contributed by atoms with E-state index < -0.39 is 6.04 Å². The van der Waals surface area contributed by atoms with Crippen LogP contribution in [0.3, 0.4) is 0 Å². The molecule has 1 amide bonds. The van der Waals surface area contributed by atoms with Crippen molar-refractivity contribution in [1.82, 2.24) is 14.8 Å². The number of carbonyl (C=O) groups is 1. The van der Waals surface area contributed by atoms with E-state index in [0.717, 1.165) is 21.5 Å². The summed E-state index contributed by atoms with van der Waals surface area (Å²) >= 11 is 5.10. The van der Waals surface area contributed by atoms with Crippen LogP contribution in [-0.2, 0) is 10.5 Å². The van der Waals surface area contributed by atoms with Gasteiger partial charge in [-0.3, -0.25) is 4.79 Å². The number of thioether (sulfide) groups is 1. The van der Waals surface area contributed by atoms with Gasteiger partial charge in [0.15, 0.2) is 0 Å². The molecule has 1 aliphatic heterocycles. The number of fused-ring (bicyclic) bond motifs is 1. The average Bonchev–Trinajstić information content (AvgIpc) is 3.30. The summed E-state index contributed by atoms with van der Waals surface area (Å²) < 4.78 is 8.20. The zero-order valence-electron chi connectivity index (χ0n) is 21.6. The van der Waals surface area contributed by atoms with Crippen LogP contribution in [0.1, 0.15) is 35.2 Å². The maximum atomic E-state index is 13.7. The van der Waals surface area contributed by atoms with Gasteiger partial charge >= 0.3 is 0 Å². The van der Waals surface area contributed by atoms with Crippen LogP contribution in [0.2, 0.25) is 0 Å². The van der Waals surface area contributed by atoms with Gasteiger partial charge in [0.2, 0.25) is 11.1 Å². The Morgan fingerprint density at radius 1 is 1.11 bits per heavy atom. The second kappa shape index (κ2) is 11.0. The third-order valence-electron chi connectivity index (χ3n) is 6.47. The number of nitrogens with zero attached hydrogens (tertiary/aromatic N) is 3. The summed E-state index contributed by atoms with van der Waals surface area (Å²) in [6.07, 6.45) is 0. The number of hydrogen-bond donors (Lipinski definition) is 2. The van der Waals surface area contributed by atoms with Crippen molar-refractivity contribution < 1.29 is 9.53 Å². The van der Waals surface area contributed by atoms with E-state index in [9.17, 15) is 4.79 Å². The monoisotopic (exact) mass is 589 g/mol. The number of para-hydroxylation sites is 2. The molecule has 1 atom stereocenters. The highest BCUT2D eigenvalue weighted by Crippen LogP contribution is 2.38. The minimum atomic E-state index is -0.461. The Morgan fingerprint density at radius 3 is 2.61 bits per heavy atom. The van der Waals surface area contributed by atoms with Gasteiger partial charge in [0.25, 0.3) is 5.91 Å². The first-order chi connectivity index (χ1) is 18.3. The van der Waals surface area contributed by atoms with Crippen LogP contribution in [0.4, 0.5) is 11.6 Å². The number of nitrogens with one attached hydrogen (secondary N) is 2. The topological polar surface area (TPSA) is 81.1 Å². The highest BCUT2D eigenvalue weighted by atomic mass is 79.9. The number of hydrogen-bond acceptors (Lipinski definition) is 6. The van der Waals surface area contributed by atoms with E-state index in [-0.39, 0.29) is 5.91 Å². The number of halogens is 1. The summed E-state index contributed by atoms with van der Waals surface area (Å²) in [7, 11) is 1.58. The molecule has 0 saturated carbocycles. The van der Waals surface area contributed by atoms with Crippen LogP contribution < -0.4 is 15.4 Å². The van der Waals surface area contributed by atoms with Gasteiger partial charge in [-0.05, 0) is 61.7 Å². The molecular weight excluding hydrogens is 562 g/mol. The Hall–Kier alpha value is -3.56. The number of aryl methyl sites for hydroxylation is 2. The number of aromatic nitrogens is 3. The number of rotatable bonds is 7. The molecule has 194 valence electrons. The van der Waals surface area contributed by atoms with Crippen LogP contribution in [0, 0.1) is 13.8 Å². The van der Waals surface area contributed by atoms with Crippen molar-refractivity contribution in [2.24, 2.45) is 0 Å². The molecule has 0 unspecified atom stereocenters. The third kappa shape index (κ3) is 5.35. The van der Waals surface area contributed by atoms with E-state index in [0.29, 0.717) is 28.1 Å². The number of allylic oxidation sites excluding steroid dienone is 1.